The van der Waals surface area contributed by atoms with Gasteiger partial charge in [0.05, 0.1) is 25.4 Å². The molecular formula is C46H86N2O16. The molecule has 3 rings (SSSR count). The van der Waals surface area contributed by atoms with Crippen molar-refractivity contribution >= 4 is 11.8 Å². The van der Waals surface area contributed by atoms with E-state index in [0.717, 1.165) is 44.9 Å². The molecule has 0 aromatic carbocycles. The predicted octanol–water partition coefficient (Wildman–Crippen LogP) is 2.29. The Labute approximate surface area is 381 Å². The Bertz CT molecular complexity index is 1260. The van der Waals surface area contributed by atoms with E-state index in [2.05, 4.69) is 19.2 Å². The number of rotatable bonds is 32. The van der Waals surface area contributed by atoms with Crippen LogP contribution in [0.5, 0.6) is 0 Å². The van der Waals surface area contributed by atoms with E-state index < -0.39 is 111 Å². The van der Waals surface area contributed by atoms with E-state index in [0.29, 0.717) is 13.0 Å². The highest BCUT2D eigenvalue weighted by atomic mass is 16.8. The zero-order chi connectivity index (χ0) is 47.0. The maximum absolute atomic E-state index is 13.9. The summed E-state index contributed by atoms with van der Waals surface area (Å²) in [6.07, 6.45) is -0.693. The average Bonchev–Trinajstić information content (AvgIpc) is 3.28. The minimum Gasteiger partial charge on any atom is -0.394 e. The summed E-state index contributed by atoms with van der Waals surface area (Å²) in [5.41, 5.74) is 0. The summed E-state index contributed by atoms with van der Waals surface area (Å²) in [6.45, 7) is 6.43. The van der Waals surface area contributed by atoms with Gasteiger partial charge in [-0.2, -0.15) is 0 Å². The molecular weight excluding hydrogens is 837 g/mol. The van der Waals surface area contributed by atoms with Crippen LogP contribution in [0.1, 0.15) is 156 Å². The molecule has 15 atom stereocenters. The molecule has 3 fully saturated rings. The van der Waals surface area contributed by atoms with Gasteiger partial charge in [-0.25, -0.2) is 0 Å². The molecule has 9 N–H and O–H groups in total. The van der Waals surface area contributed by atoms with Crippen LogP contribution in [-0.2, 0) is 38.0 Å². The fourth-order valence-corrected chi connectivity index (χ4v) is 8.45. The molecule has 18 heteroatoms. The van der Waals surface area contributed by atoms with Crippen LogP contribution < -0.4 is 5.32 Å². The molecule has 0 unspecified atom stereocenters. The number of aliphatic hydroxyl groups excluding tert-OH is 8. The SMILES string of the molecule is CCCCCCCCCCCCNC(=O)CN(CCCCCCCCCCCC)C(=O)CO[C@@H]1O[C@H](CO)[C@@H](O[C@@H]2O[C@@H](C)[C@H](O)[C@@H](O)[C@H]2O)[C@H](O)[C@H]1O[C@@H]1O[C@@H](C)[C@H](O)[C@@H](O)[C@H]1O. The van der Waals surface area contributed by atoms with Crippen LogP contribution in [0.3, 0.4) is 0 Å². The first-order chi connectivity index (χ1) is 30.7. The van der Waals surface area contributed by atoms with Crippen molar-refractivity contribution in [2.24, 2.45) is 0 Å². The second-order valence-electron chi connectivity index (χ2n) is 18.1. The quantitative estimate of drug-likeness (QED) is 0.0439. The summed E-state index contributed by atoms with van der Waals surface area (Å²) in [5.74, 6) is -0.859. The lowest BCUT2D eigenvalue weighted by Gasteiger charge is -2.48. The van der Waals surface area contributed by atoms with Gasteiger partial charge in [-0.15, -0.1) is 0 Å². The van der Waals surface area contributed by atoms with Crippen LogP contribution >= 0.6 is 0 Å². The molecule has 0 spiro atoms. The van der Waals surface area contributed by atoms with E-state index >= 15 is 0 Å². The second kappa shape index (κ2) is 31.4. The van der Waals surface area contributed by atoms with Crippen LogP contribution in [0.25, 0.3) is 0 Å². The monoisotopic (exact) mass is 923 g/mol. The Morgan fingerprint density at radius 1 is 0.531 bits per heavy atom. The number of ether oxygens (including phenoxy) is 6. The number of aliphatic hydroxyl groups is 8. The summed E-state index contributed by atoms with van der Waals surface area (Å²) >= 11 is 0. The van der Waals surface area contributed by atoms with Crippen LogP contribution in [0.15, 0.2) is 0 Å². The van der Waals surface area contributed by atoms with E-state index in [-0.39, 0.29) is 19.0 Å². The first-order valence-corrected chi connectivity index (χ1v) is 24.6. The molecule has 18 nitrogen and oxygen atoms in total. The molecule has 3 aliphatic heterocycles. The molecule has 0 saturated carbocycles. The molecule has 64 heavy (non-hydrogen) atoms. The molecule has 3 heterocycles. The zero-order valence-electron chi connectivity index (χ0n) is 39.1. The van der Waals surface area contributed by atoms with Gasteiger partial charge < -0.3 is 79.5 Å². The van der Waals surface area contributed by atoms with Gasteiger partial charge in [0.15, 0.2) is 18.9 Å². The highest BCUT2D eigenvalue weighted by Gasteiger charge is 2.53. The first-order valence-electron chi connectivity index (χ1n) is 24.6. The van der Waals surface area contributed by atoms with Gasteiger partial charge in [0, 0.05) is 13.1 Å². The molecule has 0 bridgehead atoms. The van der Waals surface area contributed by atoms with Gasteiger partial charge in [-0.1, -0.05) is 129 Å². The normalized spacial score (nSPS) is 33.3. The topological polar surface area (TPSA) is 267 Å². The summed E-state index contributed by atoms with van der Waals surface area (Å²) in [6, 6.07) is 0. The van der Waals surface area contributed by atoms with Crippen LogP contribution in [0, 0.1) is 0 Å². The summed E-state index contributed by atoms with van der Waals surface area (Å²) in [7, 11) is 0. The van der Waals surface area contributed by atoms with E-state index in [9.17, 15) is 50.4 Å². The van der Waals surface area contributed by atoms with Crippen molar-refractivity contribution in [1.29, 1.82) is 0 Å². The molecule has 0 aliphatic carbocycles. The Morgan fingerprint density at radius 3 is 1.44 bits per heavy atom. The first kappa shape index (κ1) is 56.7. The Balaban J connectivity index is 1.68. The molecule has 3 aliphatic rings. The zero-order valence-corrected chi connectivity index (χ0v) is 39.1. The highest BCUT2D eigenvalue weighted by Crippen LogP contribution is 2.33. The van der Waals surface area contributed by atoms with E-state index in [1.165, 1.54) is 95.8 Å². The number of unbranched alkanes of at least 4 members (excludes halogenated alkanes) is 18. The minimum absolute atomic E-state index is 0.205. The number of carbonyl (C=O) groups excluding carboxylic acids is 2. The number of nitrogens with zero attached hydrogens (tertiary/aromatic N) is 1. The molecule has 3 saturated heterocycles. The fraction of sp³-hybridized carbons (Fsp3) is 0.957. The third-order valence-corrected chi connectivity index (χ3v) is 12.7. The van der Waals surface area contributed by atoms with Crippen molar-refractivity contribution in [3.63, 3.8) is 0 Å². The summed E-state index contributed by atoms with van der Waals surface area (Å²) in [4.78, 5) is 28.5. The van der Waals surface area contributed by atoms with Gasteiger partial charge in [-0.05, 0) is 26.7 Å². The lowest BCUT2D eigenvalue weighted by Crippen LogP contribution is -2.66. The molecule has 2 amide bonds. The molecule has 376 valence electrons. The van der Waals surface area contributed by atoms with Crippen LogP contribution in [0.2, 0.25) is 0 Å². The number of nitrogens with one attached hydrogen (secondary N) is 1. The number of hydrogen-bond donors (Lipinski definition) is 9. The largest absolute Gasteiger partial charge is 0.394 e. The third kappa shape index (κ3) is 18.8. The highest BCUT2D eigenvalue weighted by molar-refractivity contribution is 5.85. The second-order valence-corrected chi connectivity index (χ2v) is 18.1. The van der Waals surface area contributed by atoms with Crippen molar-refractivity contribution in [1.82, 2.24) is 10.2 Å². The molecule has 0 aromatic heterocycles. The van der Waals surface area contributed by atoms with Crippen molar-refractivity contribution in [2.45, 2.75) is 248 Å². The van der Waals surface area contributed by atoms with Crippen LogP contribution in [-0.4, -0.2) is 183 Å². The number of hydrogen-bond acceptors (Lipinski definition) is 16. The van der Waals surface area contributed by atoms with Crippen molar-refractivity contribution < 1.29 is 78.9 Å². The maximum Gasteiger partial charge on any atom is 0.249 e. The lowest BCUT2D eigenvalue weighted by molar-refractivity contribution is -0.384. The minimum atomic E-state index is -1.82. The van der Waals surface area contributed by atoms with E-state index in [1.807, 2.05) is 0 Å². The van der Waals surface area contributed by atoms with Crippen molar-refractivity contribution in [3.05, 3.63) is 0 Å². The van der Waals surface area contributed by atoms with E-state index in [4.69, 9.17) is 28.4 Å². The van der Waals surface area contributed by atoms with Gasteiger partial charge >= 0.3 is 0 Å². The van der Waals surface area contributed by atoms with Crippen molar-refractivity contribution in [3.8, 4) is 0 Å². The molecule has 0 aromatic rings. The molecule has 0 radical (unpaired) electrons. The van der Waals surface area contributed by atoms with E-state index in [1.54, 1.807) is 0 Å². The third-order valence-electron chi connectivity index (χ3n) is 12.7. The van der Waals surface area contributed by atoms with Gasteiger partial charge in [0.2, 0.25) is 11.8 Å². The number of carbonyl (C=O) groups is 2. The average molecular weight is 923 g/mol. The smallest absolute Gasteiger partial charge is 0.249 e. The van der Waals surface area contributed by atoms with Gasteiger partial charge in [-0.3, -0.25) is 9.59 Å². The fourth-order valence-electron chi connectivity index (χ4n) is 8.45. The van der Waals surface area contributed by atoms with Gasteiger partial charge in [0.1, 0.15) is 67.6 Å². The van der Waals surface area contributed by atoms with Crippen molar-refractivity contribution in [2.75, 3.05) is 32.8 Å². The lowest BCUT2D eigenvalue weighted by atomic mass is 9.96. The Morgan fingerprint density at radius 2 is 0.969 bits per heavy atom. The predicted molar refractivity (Wildman–Crippen MR) is 235 cm³/mol. The summed E-state index contributed by atoms with van der Waals surface area (Å²) < 4.78 is 35.0. The standard InChI is InChI=1S/C46H86N2O16/c1-5-7-9-11-13-15-17-19-21-23-25-47-33(50)27-48(26-24-22-20-18-16-14-12-10-8-6-2)34(51)29-59-46-43(64-45-40(57)38(55)36(53)31(4)61-45)41(58)42(32(28-49)62-46)63-44-39(56)37(54)35(52)30(3)60-44/h30-32,35-46,49,52-58H,5-29H2,1-4H3,(H,47,50)/t30-,31-,32+,35-,36-,37+,38+,39+,40+,41-,42+,43+,44-,45-,46+/m0/s1. The van der Waals surface area contributed by atoms with Crippen LogP contribution in [0.4, 0.5) is 0 Å². The van der Waals surface area contributed by atoms with Gasteiger partial charge in [0.25, 0.3) is 0 Å². The summed E-state index contributed by atoms with van der Waals surface area (Å²) in [5, 5.41) is 88.0. The number of amides is 2. The Hall–Kier alpha value is -1.62. The maximum atomic E-state index is 13.9. The Kier molecular flexibility index (Phi) is 27.8.